The van der Waals surface area contributed by atoms with Crippen molar-refractivity contribution in [2.24, 2.45) is 0 Å². The second-order valence-corrected chi connectivity index (χ2v) is 9.25. The number of fused-ring (bicyclic) bond motifs is 1. The van der Waals surface area contributed by atoms with E-state index in [-0.39, 0.29) is 37.2 Å². The number of carbonyl (C=O) groups is 3. The number of amides is 2. The molecule has 8 nitrogen and oxygen atoms in total. The van der Waals surface area contributed by atoms with Crippen LogP contribution in [0.2, 0.25) is 0 Å². The molecule has 0 saturated heterocycles. The molecule has 0 saturated carbocycles. The van der Waals surface area contributed by atoms with E-state index in [4.69, 9.17) is 4.74 Å². The summed E-state index contributed by atoms with van der Waals surface area (Å²) >= 11 is 0. The molecule has 0 aliphatic heterocycles. The quantitative estimate of drug-likeness (QED) is 0.292. The number of nitrogens with one attached hydrogen (secondary N) is 1. The Bertz CT molecular complexity index is 1190. The largest absolute Gasteiger partial charge is 0.494 e. The standard InChI is InChI=1S/C30H39N3O5/c1-4-18-32(28(34)11-8-12-30(36)37-3)22-29(35)33(21-23-13-15-25(16-14-23)38-5-2)19-17-24-20-31-27-10-7-6-9-26(24)27/h6-7,9-10,13-16,20,31H,4-5,8,11-12,17-19,21-22H2,1-3H3. The molecule has 3 aromatic rings. The summed E-state index contributed by atoms with van der Waals surface area (Å²) in [5, 5.41) is 1.15. The van der Waals surface area contributed by atoms with E-state index in [2.05, 4.69) is 15.8 Å². The lowest BCUT2D eigenvalue weighted by molar-refractivity contribution is -0.142. The Hall–Kier alpha value is -3.81. The van der Waals surface area contributed by atoms with Gasteiger partial charge in [-0.05, 0) is 55.5 Å². The average Bonchev–Trinajstić information content (AvgIpc) is 3.34. The number of aromatic amines is 1. The van der Waals surface area contributed by atoms with Crippen LogP contribution in [-0.2, 0) is 32.1 Å². The minimum atomic E-state index is -0.338. The van der Waals surface area contributed by atoms with E-state index < -0.39 is 0 Å². The van der Waals surface area contributed by atoms with Crippen LogP contribution in [-0.4, -0.2) is 65.9 Å². The molecule has 8 heteroatoms. The Morgan fingerprint density at radius 1 is 0.895 bits per heavy atom. The monoisotopic (exact) mass is 521 g/mol. The Balaban J connectivity index is 1.72. The van der Waals surface area contributed by atoms with Gasteiger partial charge in [0.25, 0.3) is 0 Å². The number of H-pyrrole nitrogens is 1. The van der Waals surface area contributed by atoms with Gasteiger partial charge in [0.2, 0.25) is 11.8 Å². The molecule has 0 aliphatic rings. The zero-order valence-corrected chi connectivity index (χ0v) is 22.7. The first-order valence-electron chi connectivity index (χ1n) is 13.3. The minimum Gasteiger partial charge on any atom is -0.494 e. The first-order valence-corrected chi connectivity index (χ1v) is 13.3. The van der Waals surface area contributed by atoms with Crippen molar-refractivity contribution in [1.82, 2.24) is 14.8 Å². The van der Waals surface area contributed by atoms with Crippen molar-refractivity contribution in [1.29, 1.82) is 0 Å². The Morgan fingerprint density at radius 3 is 2.37 bits per heavy atom. The molecule has 0 fully saturated rings. The van der Waals surface area contributed by atoms with Gasteiger partial charge in [-0.2, -0.15) is 0 Å². The summed E-state index contributed by atoms with van der Waals surface area (Å²) in [6.45, 7) is 5.97. The Labute approximate surface area is 224 Å². The lowest BCUT2D eigenvalue weighted by Gasteiger charge is -2.28. The summed E-state index contributed by atoms with van der Waals surface area (Å²) in [4.78, 5) is 44.6. The smallest absolute Gasteiger partial charge is 0.305 e. The van der Waals surface area contributed by atoms with Crippen LogP contribution in [0.15, 0.2) is 54.7 Å². The van der Waals surface area contributed by atoms with E-state index in [0.717, 1.165) is 34.2 Å². The van der Waals surface area contributed by atoms with Crippen LogP contribution in [0.25, 0.3) is 10.9 Å². The number of carbonyl (C=O) groups excluding carboxylic acids is 3. The van der Waals surface area contributed by atoms with E-state index in [1.54, 1.807) is 4.90 Å². The van der Waals surface area contributed by atoms with Crippen LogP contribution in [0.4, 0.5) is 0 Å². The van der Waals surface area contributed by atoms with Crippen molar-refractivity contribution in [2.75, 3.05) is 33.4 Å². The summed E-state index contributed by atoms with van der Waals surface area (Å²) in [6, 6.07) is 15.9. The van der Waals surface area contributed by atoms with Crippen LogP contribution in [0.5, 0.6) is 5.75 Å². The third-order valence-corrected chi connectivity index (χ3v) is 6.46. The number of nitrogens with zero attached hydrogens (tertiary/aromatic N) is 2. The molecular weight excluding hydrogens is 482 g/mol. The van der Waals surface area contributed by atoms with E-state index in [1.165, 1.54) is 7.11 Å². The summed E-state index contributed by atoms with van der Waals surface area (Å²) in [7, 11) is 1.33. The van der Waals surface area contributed by atoms with E-state index in [1.807, 2.05) is 67.4 Å². The van der Waals surface area contributed by atoms with Crippen molar-refractivity contribution in [3.8, 4) is 5.75 Å². The SMILES string of the molecule is CCCN(CC(=O)N(CCc1c[nH]c2ccccc12)Cc1ccc(OCC)cc1)C(=O)CCCC(=O)OC. The summed E-state index contributed by atoms with van der Waals surface area (Å²) < 4.78 is 10.2. The Kier molecular flexibility index (Phi) is 11.2. The fraction of sp³-hybridized carbons (Fsp3) is 0.433. The molecule has 204 valence electrons. The van der Waals surface area contributed by atoms with Crippen molar-refractivity contribution in [2.45, 2.75) is 52.5 Å². The molecule has 3 rings (SSSR count). The zero-order valence-electron chi connectivity index (χ0n) is 22.7. The number of rotatable bonds is 15. The van der Waals surface area contributed by atoms with Crippen molar-refractivity contribution in [3.05, 3.63) is 65.9 Å². The third-order valence-electron chi connectivity index (χ3n) is 6.46. The van der Waals surface area contributed by atoms with Gasteiger partial charge in [0.05, 0.1) is 20.3 Å². The van der Waals surface area contributed by atoms with Crippen LogP contribution in [0, 0.1) is 0 Å². The van der Waals surface area contributed by atoms with Gasteiger partial charge in [-0.1, -0.05) is 37.3 Å². The van der Waals surface area contributed by atoms with Gasteiger partial charge in [0.15, 0.2) is 0 Å². The molecule has 0 atom stereocenters. The second kappa shape index (κ2) is 14.8. The Morgan fingerprint density at radius 2 is 1.66 bits per heavy atom. The van der Waals surface area contributed by atoms with Gasteiger partial charge >= 0.3 is 5.97 Å². The zero-order chi connectivity index (χ0) is 27.3. The molecule has 0 aliphatic carbocycles. The second-order valence-electron chi connectivity index (χ2n) is 9.25. The predicted octanol–water partition coefficient (Wildman–Crippen LogP) is 4.72. The molecule has 0 spiro atoms. The molecule has 0 bridgehead atoms. The topological polar surface area (TPSA) is 91.9 Å². The molecule has 0 radical (unpaired) electrons. The fourth-order valence-corrected chi connectivity index (χ4v) is 4.43. The number of para-hydroxylation sites is 1. The third kappa shape index (κ3) is 8.36. The van der Waals surface area contributed by atoms with Crippen molar-refractivity contribution in [3.63, 3.8) is 0 Å². The van der Waals surface area contributed by atoms with Crippen molar-refractivity contribution >= 4 is 28.7 Å². The highest BCUT2D eigenvalue weighted by Gasteiger charge is 2.22. The van der Waals surface area contributed by atoms with Gasteiger partial charge in [-0.15, -0.1) is 0 Å². The molecule has 1 heterocycles. The van der Waals surface area contributed by atoms with E-state index in [9.17, 15) is 14.4 Å². The van der Waals surface area contributed by atoms with Gasteiger partial charge in [-0.3, -0.25) is 14.4 Å². The van der Waals surface area contributed by atoms with Crippen LogP contribution < -0.4 is 4.74 Å². The lowest BCUT2D eigenvalue weighted by Crippen LogP contribution is -2.43. The maximum atomic E-state index is 13.6. The number of aromatic nitrogens is 1. The number of methoxy groups -OCH3 is 1. The number of esters is 1. The predicted molar refractivity (Wildman–Crippen MR) is 148 cm³/mol. The molecule has 1 aromatic heterocycles. The maximum Gasteiger partial charge on any atom is 0.305 e. The van der Waals surface area contributed by atoms with Gasteiger partial charge in [-0.25, -0.2) is 0 Å². The first-order chi connectivity index (χ1) is 18.4. The summed E-state index contributed by atoms with van der Waals surface area (Å²) in [5.41, 5.74) is 3.21. The molecule has 38 heavy (non-hydrogen) atoms. The van der Waals surface area contributed by atoms with Gasteiger partial charge in [0.1, 0.15) is 5.75 Å². The van der Waals surface area contributed by atoms with Crippen LogP contribution in [0.1, 0.15) is 50.7 Å². The molecule has 1 N–H and O–H groups in total. The highest BCUT2D eigenvalue weighted by Crippen LogP contribution is 2.20. The first kappa shape index (κ1) is 28.8. The average molecular weight is 522 g/mol. The van der Waals surface area contributed by atoms with Crippen molar-refractivity contribution < 1.29 is 23.9 Å². The normalized spacial score (nSPS) is 10.8. The van der Waals surface area contributed by atoms with E-state index in [0.29, 0.717) is 39.1 Å². The number of hydrogen-bond acceptors (Lipinski definition) is 5. The van der Waals surface area contributed by atoms with Gasteiger partial charge in [0, 0.05) is 49.6 Å². The van der Waals surface area contributed by atoms with Crippen LogP contribution >= 0.6 is 0 Å². The number of benzene rings is 2. The number of hydrogen-bond donors (Lipinski definition) is 1. The highest BCUT2D eigenvalue weighted by atomic mass is 16.5. The highest BCUT2D eigenvalue weighted by molar-refractivity contribution is 5.85. The lowest BCUT2D eigenvalue weighted by atomic mass is 10.1. The molecule has 2 aromatic carbocycles. The van der Waals surface area contributed by atoms with Gasteiger partial charge < -0.3 is 24.3 Å². The fourth-order valence-electron chi connectivity index (χ4n) is 4.43. The molecule has 2 amide bonds. The molecular formula is C30H39N3O5. The maximum absolute atomic E-state index is 13.6. The summed E-state index contributed by atoms with van der Waals surface area (Å²) in [5.74, 6) is 0.226. The molecule has 0 unspecified atom stereocenters. The number of ether oxygens (including phenoxy) is 2. The minimum absolute atomic E-state index is 0.00973. The summed E-state index contributed by atoms with van der Waals surface area (Å²) in [6.07, 6.45) is 4.22. The van der Waals surface area contributed by atoms with E-state index >= 15 is 0 Å². The van der Waals surface area contributed by atoms with Crippen LogP contribution in [0.3, 0.4) is 0 Å².